The maximum absolute atomic E-state index is 14.4. The van der Waals surface area contributed by atoms with E-state index >= 15 is 0 Å². The maximum atomic E-state index is 14.4. The van der Waals surface area contributed by atoms with Crippen molar-refractivity contribution < 1.29 is 27.1 Å². The predicted octanol–water partition coefficient (Wildman–Crippen LogP) is 5.08. The Bertz CT molecular complexity index is 1110. The molecule has 0 aliphatic carbocycles. The molecule has 3 aromatic carbocycles. The first-order chi connectivity index (χ1) is 14.7. The topological polar surface area (TPSA) is 50.4 Å². The van der Waals surface area contributed by atoms with E-state index in [1.807, 2.05) is 0 Å². The SMILES string of the molecule is C[C@@H](NC(=O)c1ccc2c(Oc3ccc(C(F)(F)F)cc3)cccc2c1)C1(F)CNC1. The van der Waals surface area contributed by atoms with Crippen molar-refractivity contribution >= 4 is 16.7 Å². The van der Waals surface area contributed by atoms with Gasteiger partial charge in [0.05, 0.1) is 11.6 Å². The average molecular weight is 432 g/mol. The Kier molecular flexibility index (Phi) is 5.35. The second-order valence-electron chi connectivity index (χ2n) is 7.65. The highest BCUT2D eigenvalue weighted by Crippen LogP contribution is 2.34. The largest absolute Gasteiger partial charge is 0.457 e. The first-order valence-corrected chi connectivity index (χ1v) is 9.74. The van der Waals surface area contributed by atoms with Crippen LogP contribution in [0.25, 0.3) is 10.8 Å². The lowest BCUT2D eigenvalue weighted by molar-refractivity contribution is -0.137. The Hall–Kier alpha value is -3.13. The lowest BCUT2D eigenvalue weighted by Crippen LogP contribution is -2.66. The molecule has 1 aliphatic heterocycles. The van der Waals surface area contributed by atoms with Crippen molar-refractivity contribution in [2.75, 3.05) is 13.1 Å². The summed E-state index contributed by atoms with van der Waals surface area (Å²) in [5.74, 6) is 0.326. The molecule has 162 valence electrons. The number of carbonyl (C=O) groups excluding carboxylic acids is 1. The molecule has 0 aromatic heterocycles. The first-order valence-electron chi connectivity index (χ1n) is 9.74. The fourth-order valence-electron chi connectivity index (χ4n) is 3.40. The van der Waals surface area contributed by atoms with Crippen LogP contribution in [-0.2, 0) is 6.18 Å². The second kappa shape index (κ2) is 7.85. The number of rotatable bonds is 5. The summed E-state index contributed by atoms with van der Waals surface area (Å²) < 4.78 is 58.4. The number of nitrogens with one attached hydrogen (secondary N) is 2. The predicted molar refractivity (Wildman–Crippen MR) is 109 cm³/mol. The van der Waals surface area contributed by atoms with E-state index in [9.17, 15) is 22.4 Å². The van der Waals surface area contributed by atoms with Crippen LogP contribution in [0, 0.1) is 0 Å². The molecular weight excluding hydrogens is 412 g/mol. The normalized spacial score (nSPS) is 16.4. The van der Waals surface area contributed by atoms with E-state index in [0.717, 1.165) is 12.1 Å². The first kappa shape index (κ1) is 21.1. The Labute approximate surface area is 176 Å². The minimum absolute atomic E-state index is 0.205. The quantitative estimate of drug-likeness (QED) is 0.553. The number of hydrogen-bond donors (Lipinski definition) is 2. The Morgan fingerprint density at radius 1 is 1.10 bits per heavy atom. The van der Waals surface area contributed by atoms with Crippen LogP contribution in [0.4, 0.5) is 17.6 Å². The summed E-state index contributed by atoms with van der Waals surface area (Å²) in [5, 5.41) is 6.96. The molecule has 1 aliphatic rings. The van der Waals surface area contributed by atoms with Gasteiger partial charge in [-0.1, -0.05) is 12.1 Å². The van der Waals surface area contributed by atoms with Gasteiger partial charge in [0.15, 0.2) is 5.67 Å². The molecule has 1 saturated heterocycles. The number of amides is 1. The van der Waals surface area contributed by atoms with Crippen LogP contribution in [0.1, 0.15) is 22.8 Å². The van der Waals surface area contributed by atoms with Gasteiger partial charge in [-0.15, -0.1) is 0 Å². The number of hydrogen-bond acceptors (Lipinski definition) is 3. The van der Waals surface area contributed by atoms with Crippen LogP contribution in [0.5, 0.6) is 11.5 Å². The van der Waals surface area contributed by atoms with E-state index < -0.39 is 23.5 Å². The summed E-state index contributed by atoms with van der Waals surface area (Å²) in [6.07, 6.45) is -4.41. The molecule has 3 aromatic rings. The van der Waals surface area contributed by atoms with Crippen molar-refractivity contribution in [3.05, 3.63) is 71.8 Å². The van der Waals surface area contributed by atoms with E-state index in [4.69, 9.17) is 4.74 Å². The standard InChI is InChI=1S/C23H20F4N2O2/c1-14(22(24)12-28-13-22)29-21(30)16-5-10-19-15(11-16)3-2-4-20(19)31-18-8-6-17(7-9-18)23(25,26)27/h2-11,14,28H,12-13H2,1H3,(H,29,30)/t14-/m1/s1. The zero-order chi connectivity index (χ0) is 22.2. The van der Waals surface area contributed by atoms with Crippen LogP contribution in [-0.4, -0.2) is 30.7 Å². The monoisotopic (exact) mass is 432 g/mol. The lowest BCUT2D eigenvalue weighted by atomic mass is 9.91. The van der Waals surface area contributed by atoms with Crippen LogP contribution in [0.15, 0.2) is 60.7 Å². The highest BCUT2D eigenvalue weighted by Gasteiger charge is 2.43. The third-order valence-electron chi connectivity index (χ3n) is 5.47. The molecule has 0 bridgehead atoms. The summed E-state index contributed by atoms with van der Waals surface area (Å²) in [7, 11) is 0. The third-order valence-corrected chi connectivity index (χ3v) is 5.47. The fraction of sp³-hybridized carbons (Fsp3) is 0.261. The molecule has 1 fully saturated rings. The molecule has 31 heavy (non-hydrogen) atoms. The number of benzene rings is 3. The summed E-state index contributed by atoms with van der Waals surface area (Å²) >= 11 is 0. The van der Waals surface area contributed by atoms with Gasteiger partial charge < -0.3 is 15.4 Å². The summed E-state index contributed by atoms with van der Waals surface area (Å²) in [5.41, 5.74) is -1.83. The van der Waals surface area contributed by atoms with E-state index in [-0.39, 0.29) is 24.7 Å². The number of halogens is 4. The van der Waals surface area contributed by atoms with Gasteiger partial charge in [0, 0.05) is 24.0 Å². The third kappa shape index (κ3) is 4.34. The Morgan fingerprint density at radius 3 is 2.42 bits per heavy atom. The molecule has 4 rings (SSSR count). The van der Waals surface area contributed by atoms with Crippen molar-refractivity contribution in [3.63, 3.8) is 0 Å². The van der Waals surface area contributed by atoms with Crippen molar-refractivity contribution in [1.82, 2.24) is 10.6 Å². The smallest absolute Gasteiger partial charge is 0.416 e. The van der Waals surface area contributed by atoms with Gasteiger partial charge in [-0.25, -0.2) is 4.39 Å². The van der Waals surface area contributed by atoms with Gasteiger partial charge in [-0.3, -0.25) is 4.79 Å². The zero-order valence-electron chi connectivity index (χ0n) is 16.6. The fourth-order valence-corrected chi connectivity index (χ4v) is 3.40. The molecule has 8 heteroatoms. The molecule has 1 atom stereocenters. The van der Waals surface area contributed by atoms with E-state index in [1.54, 1.807) is 43.3 Å². The highest BCUT2D eigenvalue weighted by atomic mass is 19.4. The van der Waals surface area contributed by atoms with Gasteiger partial charge in [0.25, 0.3) is 5.91 Å². The number of fused-ring (bicyclic) bond motifs is 1. The van der Waals surface area contributed by atoms with Crippen molar-refractivity contribution in [1.29, 1.82) is 0 Å². The summed E-state index contributed by atoms with van der Waals surface area (Å²) in [6, 6.07) is 14.0. The molecule has 4 nitrogen and oxygen atoms in total. The number of carbonyl (C=O) groups is 1. The van der Waals surface area contributed by atoms with Crippen molar-refractivity contribution in [3.8, 4) is 11.5 Å². The maximum Gasteiger partial charge on any atom is 0.416 e. The molecule has 0 radical (unpaired) electrons. The molecule has 0 unspecified atom stereocenters. The molecule has 2 N–H and O–H groups in total. The zero-order valence-corrected chi connectivity index (χ0v) is 16.6. The molecule has 1 amide bonds. The summed E-state index contributed by atoms with van der Waals surface area (Å²) in [6.45, 7) is 2.05. The number of alkyl halides is 4. The molecule has 0 saturated carbocycles. The minimum Gasteiger partial charge on any atom is -0.457 e. The van der Waals surface area contributed by atoms with Crippen molar-refractivity contribution in [2.24, 2.45) is 0 Å². The van der Waals surface area contributed by atoms with Crippen LogP contribution < -0.4 is 15.4 Å². The van der Waals surface area contributed by atoms with Crippen LogP contribution >= 0.6 is 0 Å². The van der Waals surface area contributed by atoms with Gasteiger partial charge >= 0.3 is 6.18 Å². The highest BCUT2D eigenvalue weighted by molar-refractivity contribution is 6.00. The minimum atomic E-state index is -4.41. The molecule has 1 heterocycles. The Balaban J connectivity index is 1.53. The van der Waals surface area contributed by atoms with E-state index in [0.29, 0.717) is 22.1 Å². The van der Waals surface area contributed by atoms with E-state index in [2.05, 4.69) is 10.6 Å². The van der Waals surface area contributed by atoms with Crippen LogP contribution in [0.2, 0.25) is 0 Å². The summed E-state index contributed by atoms with van der Waals surface area (Å²) in [4.78, 5) is 12.6. The molecule has 0 spiro atoms. The average Bonchev–Trinajstić information content (AvgIpc) is 2.71. The van der Waals surface area contributed by atoms with Crippen molar-refractivity contribution in [2.45, 2.75) is 24.8 Å². The lowest BCUT2D eigenvalue weighted by Gasteiger charge is -2.40. The van der Waals surface area contributed by atoms with Gasteiger partial charge in [-0.2, -0.15) is 13.2 Å². The number of ether oxygens (including phenoxy) is 1. The second-order valence-corrected chi connectivity index (χ2v) is 7.65. The molecular formula is C23H20F4N2O2. The van der Waals surface area contributed by atoms with Crippen LogP contribution in [0.3, 0.4) is 0 Å². The van der Waals surface area contributed by atoms with E-state index in [1.165, 1.54) is 12.1 Å². The van der Waals surface area contributed by atoms with Gasteiger partial charge in [0.2, 0.25) is 0 Å². The van der Waals surface area contributed by atoms with Gasteiger partial charge in [0.1, 0.15) is 11.5 Å². The van der Waals surface area contributed by atoms with Gasteiger partial charge in [-0.05, 0) is 60.8 Å². The Morgan fingerprint density at radius 2 is 1.81 bits per heavy atom.